The highest BCUT2D eigenvalue weighted by atomic mass is 127. The molecule has 0 aliphatic carbocycles. The minimum atomic E-state index is 0. The summed E-state index contributed by atoms with van der Waals surface area (Å²) in [6.45, 7) is 5.48. The second-order valence-corrected chi connectivity index (χ2v) is 7.28. The summed E-state index contributed by atoms with van der Waals surface area (Å²) in [6, 6.07) is 13.5. The molecule has 1 N–H and O–H groups in total. The number of nitrogens with one attached hydrogen (secondary N) is 1. The summed E-state index contributed by atoms with van der Waals surface area (Å²) < 4.78 is 0. The molecule has 156 valence electrons. The maximum atomic E-state index is 12.6. The van der Waals surface area contributed by atoms with E-state index >= 15 is 0 Å². The lowest BCUT2D eigenvalue weighted by Gasteiger charge is -2.36. The molecule has 1 aromatic carbocycles. The number of rotatable bonds is 4. The normalized spacial score (nSPS) is 14.4. The van der Waals surface area contributed by atoms with Crippen LogP contribution in [0.3, 0.4) is 0 Å². The van der Waals surface area contributed by atoms with E-state index in [0.29, 0.717) is 31.1 Å². The van der Waals surface area contributed by atoms with Gasteiger partial charge in [-0.2, -0.15) is 0 Å². The Morgan fingerprint density at radius 1 is 1.14 bits per heavy atom. The molecule has 29 heavy (non-hydrogen) atoms. The second-order valence-electron chi connectivity index (χ2n) is 6.85. The van der Waals surface area contributed by atoms with Crippen molar-refractivity contribution in [1.29, 1.82) is 0 Å². The van der Waals surface area contributed by atoms with Crippen LogP contribution in [0.1, 0.15) is 17.0 Å². The van der Waals surface area contributed by atoms with Gasteiger partial charge in [0.25, 0.3) is 0 Å². The topological polar surface area (TPSA) is 60.8 Å². The van der Waals surface area contributed by atoms with Crippen LogP contribution in [-0.4, -0.2) is 59.9 Å². The number of aryl methyl sites for hydroxylation is 1. The fraction of sp³-hybridized carbons (Fsp3) is 0.381. The molecule has 2 heterocycles. The summed E-state index contributed by atoms with van der Waals surface area (Å²) in [5, 5.41) is 4.03. The van der Waals surface area contributed by atoms with E-state index in [9.17, 15) is 4.79 Å². The van der Waals surface area contributed by atoms with Crippen molar-refractivity contribution in [2.75, 3.05) is 33.2 Å². The average molecular weight is 528 g/mol. The molecule has 1 fully saturated rings. The third kappa shape index (κ3) is 6.85. The Hall–Kier alpha value is -1.87. The first-order valence-electron chi connectivity index (χ1n) is 9.45. The van der Waals surface area contributed by atoms with Crippen LogP contribution < -0.4 is 5.32 Å². The van der Waals surface area contributed by atoms with E-state index in [1.165, 1.54) is 0 Å². The van der Waals surface area contributed by atoms with Crippen LogP contribution in [0.25, 0.3) is 0 Å². The van der Waals surface area contributed by atoms with Gasteiger partial charge in [-0.3, -0.25) is 14.8 Å². The Balaban J connectivity index is 0.00000300. The molecule has 1 amide bonds. The summed E-state index contributed by atoms with van der Waals surface area (Å²) in [5.74, 6) is 0.971. The first kappa shape index (κ1) is 23.4. The molecule has 2 aromatic rings. The van der Waals surface area contributed by atoms with Crippen LogP contribution in [0.15, 0.2) is 47.5 Å². The van der Waals surface area contributed by atoms with E-state index in [1.807, 2.05) is 54.3 Å². The van der Waals surface area contributed by atoms with Crippen LogP contribution in [0.5, 0.6) is 0 Å². The van der Waals surface area contributed by atoms with Gasteiger partial charge in [-0.05, 0) is 36.8 Å². The minimum absolute atomic E-state index is 0. The number of benzene rings is 1. The lowest BCUT2D eigenvalue weighted by atomic mass is 10.1. The number of hydrogen-bond acceptors (Lipinski definition) is 3. The summed E-state index contributed by atoms with van der Waals surface area (Å²) in [6.07, 6.45) is 0.382. The largest absolute Gasteiger partial charge is 0.351 e. The van der Waals surface area contributed by atoms with Crippen molar-refractivity contribution in [1.82, 2.24) is 20.1 Å². The molecule has 0 radical (unpaired) electrons. The molecule has 1 aliphatic heterocycles. The van der Waals surface area contributed by atoms with Crippen LogP contribution in [-0.2, 0) is 17.8 Å². The number of piperazine rings is 1. The molecule has 3 rings (SSSR count). The van der Waals surface area contributed by atoms with Gasteiger partial charge in [0.15, 0.2) is 5.96 Å². The Morgan fingerprint density at radius 2 is 1.83 bits per heavy atom. The fourth-order valence-corrected chi connectivity index (χ4v) is 3.51. The first-order valence-corrected chi connectivity index (χ1v) is 9.83. The Bertz CT molecular complexity index is 852. The number of guanidine groups is 1. The molecule has 0 spiro atoms. The summed E-state index contributed by atoms with van der Waals surface area (Å²) >= 11 is 6.01. The monoisotopic (exact) mass is 527 g/mol. The minimum Gasteiger partial charge on any atom is -0.351 e. The number of hydrogen-bond donors (Lipinski definition) is 1. The highest BCUT2D eigenvalue weighted by Crippen LogP contribution is 2.13. The van der Waals surface area contributed by atoms with Gasteiger partial charge in [0.2, 0.25) is 5.91 Å². The van der Waals surface area contributed by atoms with Gasteiger partial charge in [-0.25, -0.2) is 0 Å². The molecule has 6 nitrogen and oxygen atoms in total. The number of nitrogens with zero attached hydrogens (tertiary/aromatic N) is 4. The standard InChI is InChI=1S/C21H26ClN5O.HI/c1-16-5-3-8-19(25-16)15-24-21(23-2)27-11-9-26(10-12-27)20(28)14-17-6-4-7-18(22)13-17;/h3-8,13H,9-12,14-15H2,1-2H3,(H,23,24);1H. The summed E-state index contributed by atoms with van der Waals surface area (Å²) in [7, 11) is 1.78. The molecule has 1 aromatic heterocycles. The smallest absolute Gasteiger partial charge is 0.227 e. The van der Waals surface area contributed by atoms with Crippen LogP contribution in [0.4, 0.5) is 0 Å². The van der Waals surface area contributed by atoms with Crippen molar-refractivity contribution in [2.24, 2.45) is 4.99 Å². The predicted octanol–water partition coefficient (Wildman–Crippen LogP) is 3.12. The molecular weight excluding hydrogens is 501 g/mol. The predicted molar refractivity (Wildman–Crippen MR) is 128 cm³/mol. The highest BCUT2D eigenvalue weighted by molar-refractivity contribution is 14.0. The number of carbonyl (C=O) groups excluding carboxylic acids is 1. The molecular formula is C21H27ClIN5O. The van der Waals surface area contributed by atoms with Crippen LogP contribution >= 0.6 is 35.6 Å². The van der Waals surface area contributed by atoms with Gasteiger partial charge in [0.05, 0.1) is 18.7 Å². The zero-order valence-corrected chi connectivity index (χ0v) is 19.9. The molecule has 0 atom stereocenters. The lowest BCUT2D eigenvalue weighted by Crippen LogP contribution is -2.53. The van der Waals surface area contributed by atoms with Gasteiger partial charge in [0.1, 0.15) is 0 Å². The van der Waals surface area contributed by atoms with Crippen molar-refractivity contribution >= 4 is 47.4 Å². The van der Waals surface area contributed by atoms with Crippen molar-refractivity contribution in [3.05, 3.63) is 64.4 Å². The van der Waals surface area contributed by atoms with Gasteiger partial charge in [-0.1, -0.05) is 29.8 Å². The quantitative estimate of drug-likeness (QED) is 0.377. The summed E-state index contributed by atoms with van der Waals surface area (Å²) in [4.78, 5) is 25.6. The molecule has 8 heteroatoms. The number of aliphatic imine (C=N–C) groups is 1. The zero-order valence-electron chi connectivity index (χ0n) is 16.8. The maximum Gasteiger partial charge on any atom is 0.227 e. The Morgan fingerprint density at radius 3 is 2.48 bits per heavy atom. The van der Waals surface area contributed by atoms with Gasteiger partial charge in [0, 0.05) is 43.9 Å². The van der Waals surface area contributed by atoms with E-state index < -0.39 is 0 Å². The molecule has 0 bridgehead atoms. The molecule has 0 unspecified atom stereocenters. The Labute approximate surface area is 194 Å². The SMILES string of the molecule is CN=C(NCc1cccc(C)n1)N1CCN(C(=O)Cc2cccc(Cl)c2)CC1.I. The van der Waals surface area contributed by atoms with Gasteiger partial charge in [-0.15, -0.1) is 24.0 Å². The average Bonchev–Trinajstić information content (AvgIpc) is 2.69. The molecule has 1 saturated heterocycles. The molecule has 0 saturated carbocycles. The number of pyridine rings is 1. The van der Waals surface area contributed by atoms with Crippen molar-refractivity contribution in [3.63, 3.8) is 0 Å². The first-order chi connectivity index (χ1) is 13.5. The summed E-state index contributed by atoms with van der Waals surface area (Å²) in [5.41, 5.74) is 2.93. The van der Waals surface area contributed by atoms with Crippen molar-refractivity contribution in [2.45, 2.75) is 19.9 Å². The zero-order chi connectivity index (χ0) is 19.9. The lowest BCUT2D eigenvalue weighted by molar-refractivity contribution is -0.131. The van der Waals surface area contributed by atoms with Crippen molar-refractivity contribution < 1.29 is 4.79 Å². The third-order valence-corrected chi connectivity index (χ3v) is 5.00. The van der Waals surface area contributed by atoms with Crippen LogP contribution in [0, 0.1) is 6.92 Å². The second kappa shape index (κ2) is 11.3. The van der Waals surface area contributed by atoms with E-state index in [0.717, 1.165) is 36.0 Å². The maximum absolute atomic E-state index is 12.6. The van der Waals surface area contributed by atoms with Crippen molar-refractivity contribution in [3.8, 4) is 0 Å². The van der Waals surface area contributed by atoms with Gasteiger partial charge < -0.3 is 15.1 Å². The van der Waals surface area contributed by atoms with E-state index in [4.69, 9.17) is 11.6 Å². The number of halogens is 2. The van der Waals surface area contributed by atoms with E-state index in [-0.39, 0.29) is 29.9 Å². The third-order valence-electron chi connectivity index (χ3n) is 4.76. The Kier molecular flexibility index (Phi) is 9.16. The number of carbonyl (C=O) groups is 1. The molecule has 1 aliphatic rings. The highest BCUT2D eigenvalue weighted by Gasteiger charge is 2.23. The number of amides is 1. The van der Waals surface area contributed by atoms with Crippen LogP contribution in [0.2, 0.25) is 5.02 Å². The number of aromatic nitrogens is 1. The van der Waals surface area contributed by atoms with E-state index in [2.05, 4.69) is 20.2 Å². The van der Waals surface area contributed by atoms with E-state index in [1.54, 1.807) is 7.05 Å². The fourth-order valence-electron chi connectivity index (χ4n) is 3.30. The van der Waals surface area contributed by atoms with Gasteiger partial charge >= 0.3 is 0 Å².